The van der Waals surface area contributed by atoms with Gasteiger partial charge in [0, 0.05) is 32.9 Å². The number of rotatable bonds is 3. The molecule has 3 nitrogen and oxygen atoms in total. The van der Waals surface area contributed by atoms with Gasteiger partial charge in [0.05, 0.1) is 33.7 Å². The Morgan fingerprint density at radius 1 is 0.400 bits per heavy atom. The minimum absolute atomic E-state index is 0.659. The SMILES string of the molecule is N#Cc1ccc(-n2c3ccccc3c3ccc(-c4cccc(-n5c6ccccc6c6ccccc65)c4)cc32)cc1. The summed E-state index contributed by atoms with van der Waals surface area (Å²) in [5, 5.41) is 14.3. The lowest BCUT2D eigenvalue weighted by molar-refractivity contribution is 1.18. The molecule has 0 aliphatic heterocycles. The predicted octanol–water partition coefficient (Wildman–Crippen LogP) is 9.42. The van der Waals surface area contributed by atoms with Crippen molar-refractivity contribution < 1.29 is 0 Å². The fourth-order valence-corrected chi connectivity index (χ4v) is 6.14. The minimum atomic E-state index is 0.659. The Kier molecular flexibility index (Phi) is 4.89. The van der Waals surface area contributed by atoms with Crippen molar-refractivity contribution in [3.05, 3.63) is 145 Å². The van der Waals surface area contributed by atoms with Crippen molar-refractivity contribution in [1.82, 2.24) is 9.13 Å². The standard InChI is InChI=1S/C37H23N3/c38-24-25-16-19-28(20-17-25)39-34-13-4-3-12-32(34)33-21-18-27(23-37(33)39)26-8-7-9-29(22-26)40-35-14-5-1-10-30(35)31-11-2-6-15-36(31)40/h1-23H. The molecule has 0 N–H and O–H groups in total. The summed E-state index contributed by atoms with van der Waals surface area (Å²) in [6.45, 7) is 0. The highest BCUT2D eigenvalue weighted by Gasteiger charge is 2.15. The monoisotopic (exact) mass is 509 g/mol. The second kappa shape index (κ2) is 8.73. The molecule has 2 aromatic heterocycles. The molecule has 0 saturated heterocycles. The zero-order valence-electron chi connectivity index (χ0n) is 21.6. The molecule has 0 spiro atoms. The van der Waals surface area contributed by atoms with Crippen molar-refractivity contribution in [3.8, 4) is 28.6 Å². The first-order chi connectivity index (χ1) is 19.8. The van der Waals surface area contributed by atoms with Gasteiger partial charge in [-0.15, -0.1) is 0 Å². The lowest BCUT2D eigenvalue weighted by atomic mass is 10.0. The molecular weight excluding hydrogens is 486 g/mol. The highest BCUT2D eigenvalue weighted by atomic mass is 15.0. The second-order valence-corrected chi connectivity index (χ2v) is 10.2. The zero-order valence-corrected chi connectivity index (χ0v) is 21.6. The number of benzene rings is 6. The van der Waals surface area contributed by atoms with E-state index in [2.05, 4.69) is 130 Å². The van der Waals surface area contributed by atoms with E-state index in [9.17, 15) is 5.26 Å². The molecule has 0 saturated carbocycles. The zero-order chi connectivity index (χ0) is 26.6. The van der Waals surface area contributed by atoms with E-state index in [4.69, 9.17) is 0 Å². The summed E-state index contributed by atoms with van der Waals surface area (Å²) < 4.78 is 4.66. The van der Waals surface area contributed by atoms with Gasteiger partial charge in [0.2, 0.25) is 0 Å². The van der Waals surface area contributed by atoms with E-state index in [1.807, 2.05) is 24.3 Å². The van der Waals surface area contributed by atoms with Gasteiger partial charge in [-0.1, -0.05) is 78.9 Å². The van der Waals surface area contributed by atoms with E-state index in [0.29, 0.717) is 5.56 Å². The number of nitriles is 1. The summed E-state index contributed by atoms with van der Waals surface area (Å²) in [7, 11) is 0. The van der Waals surface area contributed by atoms with Crippen molar-refractivity contribution in [2.75, 3.05) is 0 Å². The second-order valence-electron chi connectivity index (χ2n) is 10.2. The molecule has 0 unspecified atom stereocenters. The van der Waals surface area contributed by atoms with Crippen LogP contribution in [0.3, 0.4) is 0 Å². The van der Waals surface area contributed by atoms with E-state index in [1.54, 1.807) is 0 Å². The first kappa shape index (κ1) is 22.4. The summed E-state index contributed by atoms with van der Waals surface area (Å²) in [5.74, 6) is 0. The largest absolute Gasteiger partial charge is 0.309 e. The third kappa shape index (κ3) is 3.30. The van der Waals surface area contributed by atoms with Gasteiger partial charge in [0.1, 0.15) is 0 Å². The van der Waals surface area contributed by atoms with Gasteiger partial charge >= 0.3 is 0 Å². The smallest absolute Gasteiger partial charge is 0.0991 e. The minimum Gasteiger partial charge on any atom is -0.309 e. The van der Waals surface area contributed by atoms with Crippen molar-refractivity contribution >= 4 is 43.6 Å². The molecular formula is C37H23N3. The van der Waals surface area contributed by atoms with Gasteiger partial charge in [-0.05, 0) is 71.8 Å². The Balaban J connectivity index is 1.34. The Labute approximate surface area is 231 Å². The molecule has 8 aromatic rings. The Morgan fingerprint density at radius 2 is 0.925 bits per heavy atom. The van der Waals surface area contributed by atoms with Crippen molar-refractivity contribution in [2.45, 2.75) is 0 Å². The Bertz CT molecular complexity index is 2220. The number of fused-ring (bicyclic) bond motifs is 6. The van der Waals surface area contributed by atoms with Gasteiger partial charge in [0.25, 0.3) is 0 Å². The van der Waals surface area contributed by atoms with Crippen LogP contribution in [-0.2, 0) is 0 Å². The highest BCUT2D eigenvalue weighted by molar-refractivity contribution is 6.11. The number of nitrogens with zero attached hydrogens (tertiary/aromatic N) is 3. The van der Waals surface area contributed by atoms with Crippen LogP contribution in [0.5, 0.6) is 0 Å². The topological polar surface area (TPSA) is 33.6 Å². The summed E-state index contributed by atoms with van der Waals surface area (Å²) in [4.78, 5) is 0. The third-order valence-electron chi connectivity index (χ3n) is 7.95. The molecule has 40 heavy (non-hydrogen) atoms. The molecule has 0 bridgehead atoms. The maximum absolute atomic E-state index is 9.31. The number of para-hydroxylation sites is 3. The molecule has 0 radical (unpaired) electrons. The quantitative estimate of drug-likeness (QED) is 0.233. The van der Waals surface area contributed by atoms with Crippen LogP contribution >= 0.6 is 0 Å². The van der Waals surface area contributed by atoms with E-state index in [1.165, 1.54) is 32.6 Å². The van der Waals surface area contributed by atoms with Gasteiger partial charge in [-0.3, -0.25) is 0 Å². The van der Waals surface area contributed by atoms with Crippen LogP contribution in [0.25, 0.3) is 66.1 Å². The first-order valence-corrected chi connectivity index (χ1v) is 13.4. The van der Waals surface area contributed by atoms with Crippen LogP contribution in [0.15, 0.2) is 140 Å². The maximum atomic E-state index is 9.31. The van der Waals surface area contributed by atoms with Gasteiger partial charge in [0.15, 0.2) is 0 Å². The molecule has 6 aromatic carbocycles. The van der Waals surface area contributed by atoms with Crippen LogP contribution < -0.4 is 0 Å². The van der Waals surface area contributed by atoms with Gasteiger partial charge in [-0.25, -0.2) is 0 Å². The molecule has 0 atom stereocenters. The van der Waals surface area contributed by atoms with E-state index in [-0.39, 0.29) is 0 Å². The Morgan fingerprint density at radius 3 is 1.52 bits per heavy atom. The molecule has 0 aliphatic carbocycles. The molecule has 3 heteroatoms. The van der Waals surface area contributed by atoms with Crippen LogP contribution in [-0.4, -0.2) is 9.13 Å². The average molecular weight is 510 g/mol. The van der Waals surface area contributed by atoms with E-state index < -0.39 is 0 Å². The summed E-state index contributed by atoms with van der Waals surface area (Å²) in [6, 6.07) is 51.4. The number of aromatic nitrogens is 2. The highest BCUT2D eigenvalue weighted by Crippen LogP contribution is 2.36. The van der Waals surface area contributed by atoms with Gasteiger partial charge in [-0.2, -0.15) is 5.26 Å². The summed E-state index contributed by atoms with van der Waals surface area (Å²) in [6.07, 6.45) is 0. The first-order valence-electron chi connectivity index (χ1n) is 13.4. The van der Waals surface area contributed by atoms with Crippen LogP contribution in [0, 0.1) is 11.3 Å². The van der Waals surface area contributed by atoms with Crippen molar-refractivity contribution in [2.24, 2.45) is 0 Å². The summed E-state index contributed by atoms with van der Waals surface area (Å²) in [5.41, 5.74) is 9.88. The lowest BCUT2D eigenvalue weighted by Gasteiger charge is -2.11. The molecule has 0 aliphatic rings. The fraction of sp³-hybridized carbons (Fsp3) is 0. The van der Waals surface area contributed by atoms with Crippen LogP contribution in [0.2, 0.25) is 0 Å². The van der Waals surface area contributed by atoms with Crippen molar-refractivity contribution in [3.63, 3.8) is 0 Å². The average Bonchev–Trinajstić information content (AvgIpc) is 3.54. The molecule has 186 valence electrons. The van der Waals surface area contributed by atoms with Crippen LogP contribution in [0.1, 0.15) is 5.56 Å². The van der Waals surface area contributed by atoms with E-state index >= 15 is 0 Å². The fourth-order valence-electron chi connectivity index (χ4n) is 6.14. The molecule has 2 heterocycles. The Hall–Kier alpha value is -5.59. The van der Waals surface area contributed by atoms with E-state index in [0.717, 1.165) is 33.5 Å². The lowest BCUT2D eigenvalue weighted by Crippen LogP contribution is -1.95. The van der Waals surface area contributed by atoms with Gasteiger partial charge < -0.3 is 9.13 Å². The normalized spacial score (nSPS) is 11.5. The number of hydrogen-bond acceptors (Lipinski definition) is 1. The summed E-state index contributed by atoms with van der Waals surface area (Å²) >= 11 is 0. The molecule has 0 amide bonds. The van der Waals surface area contributed by atoms with Crippen molar-refractivity contribution in [1.29, 1.82) is 5.26 Å². The number of hydrogen-bond donors (Lipinski definition) is 0. The molecule has 0 fully saturated rings. The third-order valence-corrected chi connectivity index (χ3v) is 7.95. The predicted molar refractivity (Wildman–Crippen MR) is 165 cm³/mol. The van der Waals surface area contributed by atoms with Crippen LogP contribution in [0.4, 0.5) is 0 Å². The molecule has 8 rings (SSSR count). The maximum Gasteiger partial charge on any atom is 0.0991 e.